The van der Waals surface area contributed by atoms with E-state index in [9.17, 15) is 5.11 Å². The van der Waals surface area contributed by atoms with Gasteiger partial charge in [0.05, 0.1) is 25.7 Å². The predicted molar refractivity (Wildman–Crippen MR) is 92.7 cm³/mol. The molecule has 0 amide bonds. The van der Waals surface area contributed by atoms with Crippen molar-refractivity contribution in [1.29, 1.82) is 0 Å². The molecule has 2 heteroatoms. The Bertz CT molecular complexity index is 320. The number of likely N-dealkylation sites (tertiary alicyclic amines) is 1. The van der Waals surface area contributed by atoms with Gasteiger partial charge in [0.2, 0.25) is 0 Å². The fourth-order valence-corrected chi connectivity index (χ4v) is 5.95. The Labute approximate surface area is 137 Å². The van der Waals surface area contributed by atoms with Crippen LogP contribution in [0.3, 0.4) is 0 Å². The quantitative estimate of drug-likeness (QED) is 0.565. The van der Waals surface area contributed by atoms with E-state index in [-0.39, 0.29) is 0 Å². The highest BCUT2D eigenvalue weighted by Crippen LogP contribution is 2.41. The second kappa shape index (κ2) is 8.15. The molecule has 1 N–H and O–H groups in total. The maximum Gasteiger partial charge on any atom is 0.0890 e. The average Bonchev–Trinajstić information content (AvgIpc) is 3.03. The molecular weight excluding hydrogens is 270 g/mol. The maximum absolute atomic E-state index is 9.18. The van der Waals surface area contributed by atoms with E-state index in [1.165, 1.54) is 101 Å². The van der Waals surface area contributed by atoms with Gasteiger partial charge in [0.1, 0.15) is 0 Å². The van der Waals surface area contributed by atoms with Crippen molar-refractivity contribution in [1.82, 2.24) is 0 Å². The van der Waals surface area contributed by atoms with E-state index in [4.69, 9.17) is 0 Å². The molecule has 128 valence electrons. The number of hydrogen-bond acceptors (Lipinski definition) is 1. The molecule has 2 saturated carbocycles. The van der Waals surface area contributed by atoms with Crippen LogP contribution in [-0.2, 0) is 0 Å². The zero-order valence-corrected chi connectivity index (χ0v) is 14.6. The third-order valence-electron chi connectivity index (χ3n) is 7.22. The molecule has 0 bridgehead atoms. The number of nitrogens with zero attached hydrogens (tertiary/aromatic N) is 1. The molecule has 0 aromatic carbocycles. The summed E-state index contributed by atoms with van der Waals surface area (Å²) in [5.74, 6) is 2.08. The fraction of sp³-hybridized carbons (Fsp3) is 1.00. The van der Waals surface area contributed by atoms with E-state index in [0.29, 0.717) is 6.61 Å². The summed E-state index contributed by atoms with van der Waals surface area (Å²) in [7, 11) is 0. The number of aliphatic hydroxyl groups is 1. The van der Waals surface area contributed by atoms with E-state index >= 15 is 0 Å². The van der Waals surface area contributed by atoms with Crippen molar-refractivity contribution >= 4 is 0 Å². The van der Waals surface area contributed by atoms with Crippen LogP contribution in [0.4, 0.5) is 0 Å². The van der Waals surface area contributed by atoms with Crippen molar-refractivity contribution in [3.63, 3.8) is 0 Å². The minimum absolute atomic E-state index is 0.386. The standard InChI is InChI=1S/C20H38NO/c22-16-8-7-14-21(20-11-5-2-6-12-20)15-13-19(17-21)18-9-3-1-4-10-18/h18-20,22H,1-17H2/q+1. The van der Waals surface area contributed by atoms with Crippen LogP contribution in [0.25, 0.3) is 0 Å². The molecular formula is C20H38NO+. The Kier molecular flexibility index (Phi) is 6.21. The lowest BCUT2D eigenvalue weighted by Gasteiger charge is -2.44. The molecule has 1 heterocycles. The minimum atomic E-state index is 0.386. The number of aliphatic hydroxyl groups excluding tert-OH is 1. The SMILES string of the molecule is OCCCC[N+]1(C2CCCCC2)CCC(C2CCCCC2)C1. The third kappa shape index (κ3) is 3.87. The summed E-state index contributed by atoms with van der Waals surface area (Å²) in [6.07, 6.45) is 18.7. The van der Waals surface area contributed by atoms with Crippen LogP contribution in [-0.4, -0.2) is 41.9 Å². The highest BCUT2D eigenvalue weighted by Gasteiger charge is 2.45. The van der Waals surface area contributed by atoms with Gasteiger partial charge in [0.15, 0.2) is 0 Å². The van der Waals surface area contributed by atoms with Gasteiger partial charge in [0.25, 0.3) is 0 Å². The van der Waals surface area contributed by atoms with Crippen LogP contribution in [0.15, 0.2) is 0 Å². The van der Waals surface area contributed by atoms with Gasteiger partial charge in [-0.25, -0.2) is 0 Å². The van der Waals surface area contributed by atoms with Crippen molar-refractivity contribution in [2.24, 2.45) is 11.8 Å². The lowest BCUT2D eigenvalue weighted by atomic mass is 9.79. The van der Waals surface area contributed by atoms with Crippen molar-refractivity contribution in [2.45, 2.75) is 89.5 Å². The molecule has 0 radical (unpaired) electrons. The first kappa shape index (κ1) is 16.8. The molecule has 3 fully saturated rings. The molecule has 2 atom stereocenters. The van der Waals surface area contributed by atoms with E-state index in [0.717, 1.165) is 24.3 Å². The van der Waals surface area contributed by atoms with Gasteiger partial charge < -0.3 is 9.59 Å². The highest BCUT2D eigenvalue weighted by molar-refractivity contribution is 4.80. The predicted octanol–water partition coefficient (Wildman–Crippen LogP) is 4.51. The Morgan fingerprint density at radius 3 is 2.09 bits per heavy atom. The lowest BCUT2D eigenvalue weighted by Crippen LogP contribution is -2.55. The zero-order valence-electron chi connectivity index (χ0n) is 14.6. The summed E-state index contributed by atoms with van der Waals surface area (Å²) in [5.41, 5.74) is 0. The van der Waals surface area contributed by atoms with Crippen LogP contribution in [0.5, 0.6) is 0 Å². The monoisotopic (exact) mass is 308 g/mol. The molecule has 1 aliphatic heterocycles. The van der Waals surface area contributed by atoms with E-state index in [1.54, 1.807) is 0 Å². The summed E-state index contributed by atoms with van der Waals surface area (Å²) >= 11 is 0. The highest BCUT2D eigenvalue weighted by atomic mass is 16.2. The second-order valence-electron chi connectivity index (χ2n) is 8.52. The topological polar surface area (TPSA) is 20.2 Å². The molecule has 2 aliphatic carbocycles. The molecule has 3 aliphatic rings. The van der Waals surface area contributed by atoms with Crippen molar-refractivity contribution in [3.05, 3.63) is 0 Å². The second-order valence-corrected chi connectivity index (χ2v) is 8.52. The molecule has 0 spiro atoms. The molecule has 2 nitrogen and oxygen atoms in total. The van der Waals surface area contributed by atoms with E-state index in [2.05, 4.69) is 0 Å². The van der Waals surface area contributed by atoms with Gasteiger partial charge in [0, 0.05) is 18.9 Å². The van der Waals surface area contributed by atoms with Gasteiger partial charge in [-0.2, -0.15) is 0 Å². The van der Waals surface area contributed by atoms with Gasteiger partial charge >= 0.3 is 0 Å². The summed E-state index contributed by atoms with van der Waals surface area (Å²) in [4.78, 5) is 0. The number of hydrogen-bond donors (Lipinski definition) is 1. The largest absolute Gasteiger partial charge is 0.396 e. The average molecular weight is 309 g/mol. The first-order valence-electron chi connectivity index (χ1n) is 10.3. The lowest BCUT2D eigenvalue weighted by molar-refractivity contribution is -0.943. The number of rotatable bonds is 6. The maximum atomic E-state index is 9.18. The van der Waals surface area contributed by atoms with Gasteiger partial charge in [-0.3, -0.25) is 0 Å². The Hall–Kier alpha value is -0.0800. The molecule has 1 saturated heterocycles. The molecule has 2 unspecified atom stereocenters. The van der Waals surface area contributed by atoms with Crippen LogP contribution >= 0.6 is 0 Å². The zero-order chi connectivity index (χ0) is 15.3. The first-order chi connectivity index (χ1) is 10.8. The fourth-order valence-electron chi connectivity index (χ4n) is 5.95. The number of unbranched alkanes of at least 4 members (excludes halogenated alkanes) is 1. The Morgan fingerprint density at radius 1 is 0.727 bits per heavy atom. The Morgan fingerprint density at radius 2 is 1.41 bits per heavy atom. The van der Waals surface area contributed by atoms with Crippen LogP contribution in [0.2, 0.25) is 0 Å². The van der Waals surface area contributed by atoms with Gasteiger partial charge in [-0.15, -0.1) is 0 Å². The van der Waals surface area contributed by atoms with Crippen LogP contribution in [0, 0.1) is 11.8 Å². The first-order valence-corrected chi connectivity index (χ1v) is 10.3. The number of quaternary nitrogens is 1. The van der Waals surface area contributed by atoms with Crippen LogP contribution < -0.4 is 0 Å². The summed E-state index contributed by atoms with van der Waals surface area (Å²) in [6.45, 7) is 4.68. The minimum Gasteiger partial charge on any atom is -0.396 e. The summed E-state index contributed by atoms with van der Waals surface area (Å²) < 4.78 is 1.45. The Balaban J connectivity index is 1.63. The third-order valence-corrected chi connectivity index (χ3v) is 7.22. The summed E-state index contributed by atoms with van der Waals surface area (Å²) in [6, 6.07) is 0.959. The normalized spacial score (nSPS) is 35.0. The smallest absolute Gasteiger partial charge is 0.0890 e. The van der Waals surface area contributed by atoms with Crippen LogP contribution in [0.1, 0.15) is 83.5 Å². The van der Waals surface area contributed by atoms with E-state index < -0.39 is 0 Å². The van der Waals surface area contributed by atoms with Gasteiger partial charge in [-0.05, 0) is 57.3 Å². The van der Waals surface area contributed by atoms with E-state index in [1.807, 2.05) is 0 Å². The summed E-state index contributed by atoms with van der Waals surface area (Å²) in [5, 5.41) is 9.18. The van der Waals surface area contributed by atoms with Crippen molar-refractivity contribution in [2.75, 3.05) is 26.2 Å². The van der Waals surface area contributed by atoms with Crippen molar-refractivity contribution < 1.29 is 9.59 Å². The molecule has 22 heavy (non-hydrogen) atoms. The molecule has 0 aromatic rings. The molecule has 0 aromatic heterocycles. The molecule has 3 rings (SSSR count). The van der Waals surface area contributed by atoms with Crippen molar-refractivity contribution in [3.8, 4) is 0 Å². The van der Waals surface area contributed by atoms with Gasteiger partial charge in [-0.1, -0.05) is 25.7 Å².